The summed E-state index contributed by atoms with van der Waals surface area (Å²) in [6.07, 6.45) is -2.66. The largest absolute Gasteiger partial charge is 0.496 e. The summed E-state index contributed by atoms with van der Waals surface area (Å²) in [4.78, 5) is 18.0. The summed E-state index contributed by atoms with van der Waals surface area (Å²) in [7, 11) is 3.10. The monoisotopic (exact) mass is 593 g/mol. The number of hydrogen-bond donors (Lipinski definition) is 0. The lowest BCUT2D eigenvalue weighted by atomic mass is 10.0. The molecule has 0 saturated carbocycles. The Hall–Kier alpha value is -4.84. The van der Waals surface area contributed by atoms with Gasteiger partial charge in [0.05, 0.1) is 31.4 Å². The first kappa shape index (κ1) is 27.3. The first-order valence-corrected chi connectivity index (χ1v) is 13.4. The fourth-order valence-electron chi connectivity index (χ4n) is 4.45. The zero-order valence-corrected chi connectivity index (χ0v) is 23.1. The van der Waals surface area contributed by atoms with Gasteiger partial charge in [0.2, 0.25) is 4.96 Å². The summed E-state index contributed by atoms with van der Waals surface area (Å²) in [5.41, 5.74) is 2.10. The molecule has 0 spiro atoms. The van der Waals surface area contributed by atoms with E-state index in [9.17, 15) is 18.0 Å². The van der Waals surface area contributed by atoms with Crippen LogP contribution in [0.15, 0.2) is 77.3 Å². The molecule has 0 aliphatic rings. The number of nitrogens with zero attached hydrogens (tertiary/aromatic N) is 3. The number of ketones is 1. The van der Waals surface area contributed by atoms with Gasteiger partial charge in [-0.05, 0) is 40.7 Å². The molecule has 0 aliphatic heterocycles. The molecule has 0 atom stereocenters. The van der Waals surface area contributed by atoms with Gasteiger partial charge in [0.1, 0.15) is 29.4 Å². The van der Waals surface area contributed by atoms with E-state index in [1.807, 2.05) is 18.2 Å². The van der Waals surface area contributed by atoms with Crippen LogP contribution in [0.1, 0.15) is 27.0 Å². The van der Waals surface area contributed by atoms with Crippen LogP contribution in [0.25, 0.3) is 27.4 Å². The number of ether oxygens (including phenoxy) is 3. The Bertz CT molecular complexity index is 1880. The fourth-order valence-corrected chi connectivity index (χ4v) is 5.15. The first-order valence-electron chi connectivity index (χ1n) is 12.6. The summed E-state index contributed by atoms with van der Waals surface area (Å²) in [5, 5.41) is 5.52. The Morgan fingerprint density at radius 2 is 1.79 bits per heavy atom. The van der Waals surface area contributed by atoms with E-state index in [0.717, 1.165) is 23.1 Å². The van der Waals surface area contributed by atoms with Crippen LogP contribution in [0.3, 0.4) is 0 Å². The summed E-state index contributed by atoms with van der Waals surface area (Å²) >= 11 is 1.31. The molecule has 214 valence electrons. The molecular weight excluding hydrogens is 571 g/mol. The van der Waals surface area contributed by atoms with Crippen LogP contribution in [-0.2, 0) is 19.2 Å². The number of carbonyl (C=O) groups excluding carboxylic acids is 1. The Morgan fingerprint density at radius 3 is 2.50 bits per heavy atom. The minimum absolute atomic E-state index is 0.0382. The highest BCUT2D eigenvalue weighted by atomic mass is 32.1. The molecule has 3 aromatic heterocycles. The molecule has 0 amide bonds. The predicted octanol–water partition coefficient (Wildman–Crippen LogP) is 7.24. The fraction of sp³-hybridized carbons (Fsp3) is 0.167. The molecule has 12 heteroatoms. The highest BCUT2D eigenvalue weighted by Gasteiger charge is 2.30. The lowest BCUT2D eigenvalue weighted by Crippen LogP contribution is -2.07. The van der Waals surface area contributed by atoms with Gasteiger partial charge in [-0.3, -0.25) is 4.79 Å². The average Bonchev–Trinajstić information content (AvgIpc) is 3.69. The van der Waals surface area contributed by atoms with E-state index in [4.69, 9.17) is 18.6 Å². The Morgan fingerprint density at radius 1 is 1.00 bits per heavy atom. The molecule has 0 N–H and O–H groups in total. The van der Waals surface area contributed by atoms with Gasteiger partial charge in [0.25, 0.3) is 5.19 Å². The number of furan rings is 1. The summed E-state index contributed by atoms with van der Waals surface area (Å²) in [6, 6.07) is 16.9. The van der Waals surface area contributed by atoms with Crippen LogP contribution >= 0.6 is 11.3 Å². The minimum atomic E-state index is -4.45. The molecular formula is C30H22F3N3O5S. The van der Waals surface area contributed by atoms with Crippen LogP contribution in [0.2, 0.25) is 0 Å². The summed E-state index contributed by atoms with van der Waals surface area (Å²) in [5.74, 6) is 1.33. The standard InChI is InChI=1S/C30H22F3N3O5S/c1-38-21-12-25(22-14-27(41-26(22)13-21)23-15-36-28(34-23)42-29(35-36)39-2)40-16-18-5-3-4-17(10-18)11-24(37)19-6-8-20(9-7-19)30(31,32)33/h3-10,12-15H,11,16H2,1-2H3. The second kappa shape index (κ2) is 10.9. The number of hydrogen-bond acceptors (Lipinski definition) is 8. The van der Waals surface area contributed by atoms with Crippen LogP contribution in [-0.4, -0.2) is 34.6 Å². The number of halogens is 3. The number of alkyl halides is 3. The molecule has 0 fully saturated rings. The molecule has 0 unspecified atom stereocenters. The highest BCUT2D eigenvalue weighted by molar-refractivity contribution is 7.18. The maximum atomic E-state index is 12.8. The molecule has 3 aromatic carbocycles. The van der Waals surface area contributed by atoms with Crippen LogP contribution < -0.4 is 14.2 Å². The lowest BCUT2D eigenvalue weighted by Gasteiger charge is -2.10. The molecule has 0 aliphatic carbocycles. The number of carbonyl (C=O) groups is 1. The van der Waals surface area contributed by atoms with Gasteiger partial charge in [-0.1, -0.05) is 36.4 Å². The number of rotatable bonds is 9. The van der Waals surface area contributed by atoms with Crippen molar-refractivity contribution in [3.63, 3.8) is 0 Å². The number of benzene rings is 3. The predicted molar refractivity (Wildman–Crippen MR) is 149 cm³/mol. The third kappa shape index (κ3) is 5.53. The van der Waals surface area contributed by atoms with Gasteiger partial charge >= 0.3 is 6.18 Å². The van der Waals surface area contributed by atoms with Crippen molar-refractivity contribution in [3.8, 4) is 28.1 Å². The van der Waals surface area contributed by atoms with E-state index in [2.05, 4.69) is 10.1 Å². The molecule has 0 saturated heterocycles. The number of Topliss-reactive ketones (excluding diaryl/α,β-unsaturated/α-hetero) is 1. The Balaban J connectivity index is 1.20. The Labute approximate surface area is 240 Å². The van der Waals surface area contributed by atoms with Gasteiger partial charge in [0, 0.05) is 24.1 Å². The third-order valence-electron chi connectivity index (χ3n) is 6.54. The van der Waals surface area contributed by atoms with Crippen molar-refractivity contribution < 1.29 is 36.6 Å². The topological polar surface area (TPSA) is 88.1 Å². The smallest absolute Gasteiger partial charge is 0.416 e. The van der Waals surface area contributed by atoms with Gasteiger partial charge < -0.3 is 18.6 Å². The molecule has 6 aromatic rings. The van der Waals surface area contributed by atoms with Crippen LogP contribution in [0, 0.1) is 0 Å². The highest BCUT2D eigenvalue weighted by Crippen LogP contribution is 2.37. The zero-order chi connectivity index (χ0) is 29.4. The normalized spacial score (nSPS) is 11.7. The average molecular weight is 594 g/mol. The van der Waals surface area contributed by atoms with E-state index >= 15 is 0 Å². The third-order valence-corrected chi connectivity index (χ3v) is 7.43. The van der Waals surface area contributed by atoms with Crippen molar-refractivity contribution >= 4 is 33.1 Å². The van der Waals surface area contributed by atoms with Crippen molar-refractivity contribution in [2.75, 3.05) is 14.2 Å². The van der Waals surface area contributed by atoms with E-state index in [-0.39, 0.29) is 24.4 Å². The summed E-state index contributed by atoms with van der Waals surface area (Å²) < 4.78 is 63.0. The number of aromatic nitrogens is 3. The van der Waals surface area contributed by atoms with Crippen LogP contribution in [0.5, 0.6) is 16.7 Å². The van der Waals surface area contributed by atoms with Crippen molar-refractivity contribution in [1.82, 2.24) is 14.6 Å². The van der Waals surface area contributed by atoms with Gasteiger partial charge in [0.15, 0.2) is 11.5 Å². The molecule has 8 nitrogen and oxygen atoms in total. The van der Waals surface area contributed by atoms with Gasteiger partial charge in [-0.2, -0.15) is 13.2 Å². The zero-order valence-electron chi connectivity index (χ0n) is 22.3. The Kier molecular flexibility index (Phi) is 7.07. The molecule has 3 heterocycles. The van der Waals surface area contributed by atoms with E-state index in [0.29, 0.717) is 44.3 Å². The number of imidazole rings is 1. The van der Waals surface area contributed by atoms with Crippen LogP contribution in [0.4, 0.5) is 13.2 Å². The molecule has 6 rings (SSSR count). The van der Waals surface area contributed by atoms with Crippen molar-refractivity contribution in [1.29, 1.82) is 0 Å². The molecule has 42 heavy (non-hydrogen) atoms. The first-order chi connectivity index (χ1) is 20.2. The van der Waals surface area contributed by atoms with Crippen molar-refractivity contribution in [2.24, 2.45) is 0 Å². The molecule has 0 bridgehead atoms. The quantitative estimate of drug-likeness (QED) is 0.163. The lowest BCUT2D eigenvalue weighted by molar-refractivity contribution is -0.137. The number of fused-ring (bicyclic) bond motifs is 2. The maximum Gasteiger partial charge on any atom is 0.416 e. The van der Waals surface area contributed by atoms with Crippen molar-refractivity contribution in [3.05, 3.63) is 95.2 Å². The second-order valence-corrected chi connectivity index (χ2v) is 10.3. The SMILES string of the molecule is COc1cc(OCc2cccc(CC(=O)c3ccc(C(F)(F)F)cc3)c2)c2cc(-c3cn4nc(OC)sc4n3)oc2c1. The minimum Gasteiger partial charge on any atom is -0.496 e. The summed E-state index contributed by atoms with van der Waals surface area (Å²) in [6.45, 7) is 0.189. The van der Waals surface area contributed by atoms with Gasteiger partial charge in [-0.15, -0.1) is 5.10 Å². The van der Waals surface area contributed by atoms with E-state index < -0.39 is 11.7 Å². The molecule has 0 radical (unpaired) electrons. The van der Waals surface area contributed by atoms with E-state index in [1.54, 1.807) is 49.2 Å². The number of methoxy groups -OCH3 is 2. The maximum absolute atomic E-state index is 12.8. The second-order valence-electron chi connectivity index (χ2n) is 9.36. The van der Waals surface area contributed by atoms with Gasteiger partial charge in [-0.25, -0.2) is 9.50 Å². The van der Waals surface area contributed by atoms with E-state index in [1.165, 1.54) is 23.5 Å². The van der Waals surface area contributed by atoms with Crippen molar-refractivity contribution in [2.45, 2.75) is 19.2 Å².